The van der Waals surface area contributed by atoms with Crippen LogP contribution in [-0.4, -0.2) is 187 Å². The summed E-state index contributed by atoms with van der Waals surface area (Å²) < 4.78 is 21.0. The Bertz CT molecular complexity index is 3370. The fourth-order valence-electron chi connectivity index (χ4n) is 9.96. The number of amides is 1. The summed E-state index contributed by atoms with van der Waals surface area (Å²) in [4.78, 5) is 73.1. The van der Waals surface area contributed by atoms with Gasteiger partial charge >= 0.3 is 0 Å². The van der Waals surface area contributed by atoms with Crippen LogP contribution in [0.15, 0.2) is 56.6 Å². The van der Waals surface area contributed by atoms with E-state index in [9.17, 15) is 75.3 Å². The highest BCUT2D eigenvalue weighted by atomic mass is 16.6. The minimum atomic E-state index is -1.72. The molecule has 0 aromatic carbocycles. The van der Waals surface area contributed by atoms with Crippen LogP contribution >= 0.6 is 0 Å². The third kappa shape index (κ3) is 8.14. The minimum Gasteiger partial charge on any atom is -0.493 e. The summed E-state index contributed by atoms with van der Waals surface area (Å²) in [6.07, 6.45) is -2.34. The van der Waals surface area contributed by atoms with E-state index < -0.39 is 126 Å². The van der Waals surface area contributed by atoms with Crippen LogP contribution in [0.3, 0.4) is 0 Å². The number of aromatic nitrogens is 7. The summed E-state index contributed by atoms with van der Waals surface area (Å²) in [5.41, 5.74) is -5.64. The maximum Gasteiger partial charge on any atom is 0.233 e. The molecular weight excluding hydrogens is 997 g/mol. The molecule has 12 heterocycles. The number of aliphatic imine (C=N–C) groups is 2. The van der Waals surface area contributed by atoms with E-state index in [1.165, 1.54) is 72.1 Å². The maximum atomic E-state index is 12.4. The second-order valence-corrected chi connectivity index (χ2v) is 18.9. The Morgan fingerprint density at radius 3 is 1.45 bits per heavy atom. The molecule has 14 N–H and O–H groups in total. The molecule has 0 spiro atoms. The zero-order valence-electron chi connectivity index (χ0n) is 39.4. The van der Waals surface area contributed by atoms with Crippen molar-refractivity contribution in [3.63, 3.8) is 0 Å². The quantitative estimate of drug-likeness (QED) is 0.0757. The van der Waals surface area contributed by atoms with Gasteiger partial charge < -0.3 is 100 Å². The number of nitrogens with zero attached hydrogens (tertiary/aromatic N) is 9. The minimum absolute atomic E-state index is 0.200. The van der Waals surface area contributed by atoms with Crippen molar-refractivity contribution in [1.82, 2.24) is 33.6 Å². The normalized spacial score (nSPS) is 31.1. The standard InChI is InChI=1S/3C15H16N4O6/c3*1-15(24)11(23)8(4-20)25-14(15)19-3-6-7(21)2-9(22)18-12-10(6)13(19)17-5-16-12/h3,5,8,11,14,20,23-24H,2,4H2,1H3,(H,16,17,18,22);2*2-3,5,8,11,14,20,22-24H,4H2,1H3,(H,16,17,18)/t3*8-,11-,14?,15+/m111/s1. The third-order valence-corrected chi connectivity index (χ3v) is 13.8. The van der Waals surface area contributed by atoms with Gasteiger partial charge in [0.15, 0.2) is 35.3 Å². The topological polar surface area (TPSA) is 446 Å². The molecule has 3 unspecified atom stereocenters. The van der Waals surface area contributed by atoms with Crippen molar-refractivity contribution < 1.29 is 80.0 Å². The zero-order chi connectivity index (χ0) is 53.8. The molecule has 6 aliphatic rings. The summed E-state index contributed by atoms with van der Waals surface area (Å²) in [5.74, 6) is -0.524. The molecule has 3 saturated heterocycles. The van der Waals surface area contributed by atoms with Crippen LogP contribution in [0, 0.1) is 0 Å². The van der Waals surface area contributed by atoms with Crippen LogP contribution in [0.4, 0.5) is 29.1 Å². The Labute approximate surface area is 418 Å². The van der Waals surface area contributed by atoms with Crippen molar-refractivity contribution in [2.45, 2.75) is 99.3 Å². The second-order valence-electron chi connectivity index (χ2n) is 18.9. The number of aromatic hydroxyl groups is 2. The smallest absolute Gasteiger partial charge is 0.233 e. The van der Waals surface area contributed by atoms with Crippen LogP contribution < -0.4 is 26.8 Å². The monoisotopic (exact) mass is 1040 g/mol. The SMILES string of the molecule is C[C@@]1(O)C(n2cc3c(=O)cc(O)nc4c3c2N=CN4)O[C@H](CO)[C@H]1O.C[C@@]1(O)C(n2cc3c(=O)cc(O)nc4c3c2N=CN4)O[C@H](CO)[C@H]1O.C[C@@]1(O)C(n2cc3c4c(ncnc42)NC(=O)CC3=O)O[C@H](CO)[C@H]1O. The lowest BCUT2D eigenvalue weighted by atomic mass is 9.96. The van der Waals surface area contributed by atoms with Gasteiger partial charge in [-0.3, -0.25) is 19.2 Å². The van der Waals surface area contributed by atoms with E-state index in [0.717, 1.165) is 12.1 Å². The third-order valence-electron chi connectivity index (χ3n) is 13.8. The van der Waals surface area contributed by atoms with Crippen LogP contribution in [0.5, 0.6) is 11.8 Å². The number of hydrogen-bond acceptors (Lipinski definition) is 26. The summed E-state index contributed by atoms with van der Waals surface area (Å²) in [6.45, 7) is 2.71. The molecule has 0 radical (unpaired) electrons. The first-order valence-corrected chi connectivity index (χ1v) is 22.9. The number of ether oxygens (including phenoxy) is 3. The molecule has 30 heteroatoms. The Kier molecular flexibility index (Phi) is 12.5. The van der Waals surface area contributed by atoms with E-state index in [1.54, 1.807) is 0 Å². The molecule has 0 saturated carbocycles. The predicted molar refractivity (Wildman–Crippen MR) is 257 cm³/mol. The Hall–Kier alpha value is -7.46. The summed E-state index contributed by atoms with van der Waals surface area (Å²) >= 11 is 0. The molecular formula is C45H48N12O18. The number of hydrogen-bond donors (Lipinski definition) is 14. The number of nitrogens with one attached hydrogen (secondary N) is 3. The van der Waals surface area contributed by atoms with Gasteiger partial charge in [0, 0.05) is 36.3 Å². The fraction of sp³-hybridized carbons (Fsp3) is 0.422. The van der Waals surface area contributed by atoms with E-state index in [4.69, 9.17) is 14.2 Å². The number of Topliss-reactive ketones (excluding diaryl/α,β-unsaturated/α-hetero) is 1. The van der Waals surface area contributed by atoms with Crippen molar-refractivity contribution in [2.75, 3.05) is 35.8 Å². The first-order valence-electron chi connectivity index (χ1n) is 22.9. The number of rotatable bonds is 6. The highest BCUT2D eigenvalue weighted by Gasteiger charge is 2.56. The van der Waals surface area contributed by atoms with Crippen LogP contribution in [0.2, 0.25) is 0 Å². The van der Waals surface area contributed by atoms with Gasteiger partial charge in [-0.15, -0.1) is 0 Å². The van der Waals surface area contributed by atoms with Gasteiger partial charge in [-0.05, 0) is 20.8 Å². The average molecular weight is 1040 g/mol. The lowest BCUT2D eigenvalue weighted by molar-refractivity contribution is -0.115. The molecule has 75 heavy (non-hydrogen) atoms. The number of aliphatic hydroxyl groups excluding tert-OH is 6. The fourth-order valence-corrected chi connectivity index (χ4v) is 9.96. The van der Waals surface area contributed by atoms with E-state index in [-0.39, 0.29) is 57.5 Å². The van der Waals surface area contributed by atoms with Gasteiger partial charge in [-0.1, -0.05) is 0 Å². The molecule has 12 rings (SSSR count). The van der Waals surface area contributed by atoms with Gasteiger partial charge in [-0.25, -0.2) is 20.0 Å². The van der Waals surface area contributed by atoms with Crippen LogP contribution in [-0.2, 0) is 19.0 Å². The number of carbonyl (C=O) groups excluding carboxylic acids is 2. The van der Waals surface area contributed by atoms with E-state index in [1.807, 2.05) is 0 Å². The highest BCUT2D eigenvalue weighted by Crippen LogP contribution is 2.47. The van der Waals surface area contributed by atoms with Gasteiger partial charge in [-0.2, -0.15) is 9.97 Å². The highest BCUT2D eigenvalue weighted by molar-refractivity contribution is 6.22. The summed E-state index contributed by atoms with van der Waals surface area (Å²) in [6, 6.07) is 1.96. The number of anilines is 3. The molecule has 0 bridgehead atoms. The summed E-state index contributed by atoms with van der Waals surface area (Å²) in [7, 11) is 0. The number of ketones is 1. The molecule has 6 aromatic rings. The second kappa shape index (κ2) is 18.4. The zero-order valence-corrected chi connectivity index (χ0v) is 39.4. The van der Waals surface area contributed by atoms with Crippen molar-refractivity contribution in [3.05, 3.63) is 63.1 Å². The average Bonchev–Trinajstić information content (AvgIpc) is 4.14. The molecule has 6 aromatic heterocycles. The maximum absolute atomic E-state index is 12.4. The van der Waals surface area contributed by atoms with Crippen molar-refractivity contribution >= 4 is 86.0 Å². The molecule has 396 valence electrons. The lowest BCUT2D eigenvalue weighted by Crippen LogP contribution is -2.44. The van der Waals surface area contributed by atoms with Crippen molar-refractivity contribution in [2.24, 2.45) is 9.98 Å². The Balaban J connectivity index is 0.000000128. The van der Waals surface area contributed by atoms with Crippen LogP contribution in [0.25, 0.3) is 32.6 Å². The molecule has 3 fully saturated rings. The van der Waals surface area contributed by atoms with Gasteiger partial charge in [0.25, 0.3) is 0 Å². The molecule has 0 aliphatic carbocycles. The summed E-state index contributed by atoms with van der Waals surface area (Å²) in [5, 5.41) is 119. The number of carbonyl (C=O) groups is 2. The number of aliphatic hydroxyl groups is 9. The van der Waals surface area contributed by atoms with E-state index >= 15 is 0 Å². The predicted octanol–water partition coefficient (Wildman–Crippen LogP) is -2.66. The van der Waals surface area contributed by atoms with Gasteiger partial charge in [0.05, 0.1) is 65.8 Å². The largest absolute Gasteiger partial charge is 0.493 e. The van der Waals surface area contributed by atoms with Crippen LogP contribution in [0.1, 0.15) is 56.2 Å². The van der Waals surface area contributed by atoms with Gasteiger partial charge in [0.1, 0.15) is 94.5 Å². The van der Waals surface area contributed by atoms with Crippen molar-refractivity contribution in [1.29, 1.82) is 0 Å². The van der Waals surface area contributed by atoms with E-state index in [2.05, 4.69) is 45.9 Å². The first kappa shape index (κ1) is 51.0. The molecule has 6 aliphatic heterocycles. The lowest BCUT2D eigenvalue weighted by Gasteiger charge is -2.28. The van der Waals surface area contributed by atoms with Crippen molar-refractivity contribution in [3.8, 4) is 11.8 Å². The molecule has 30 nitrogen and oxygen atoms in total. The first-order chi connectivity index (χ1) is 35.5. The molecule has 1 amide bonds. The van der Waals surface area contributed by atoms with E-state index in [0.29, 0.717) is 16.2 Å². The Morgan fingerprint density at radius 2 is 1.04 bits per heavy atom. The molecule has 12 atom stereocenters. The van der Waals surface area contributed by atoms with Gasteiger partial charge in [0.2, 0.25) is 17.7 Å². The Morgan fingerprint density at radius 1 is 0.613 bits per heavy atom.